The lowest BCUT2D eigenvalue weighted by atomic mass is 10.2. The Kier molecular flexibility index (Phi) is 3.99. The Morgan fingerprint density at radius 2 is 1.95 bits per heavy atom. The van der Waals surface area contributed by atoms with Gasteiger partial charge in [0.1, 0.15) is 23.3 Å². The predicted molar refractivity (Wildman–Crippen MR) is 81.9 cm³/mol. The zero-order chi connectivity index (χ0) is 14.7. The van der Waals surface area contributed by atoms with Crippen LogP contribution in [-0.2, 0) is 6.54 Å². The molecule has 110 valence electrons. The molecule has 0 saturated carbocycles. The maximum Gasteiger partial charge on any atom is 0.134 e. The maximum atomic E-state index is 13.6. The fourth-order valence-corrected chi connectivity index (χ4v) is 2.58. The van der Waals surface area contributed by atoms with Crippen LogP contribution in [0.3, 0.4) is 0 Å². The molecule has 0 radical (unpaired) electrons. The average Bonchev–Trinajstić information content (AvgIpc) is 3.00. The number of nitrogens with zero attached hydrogens (tertiary/aromatic N) is 3. The molecule has 2 aromatic rings. The van der Waals surface area contributed by atoms with Gasteiger partial charge < -0.3 is 10.2 Å². The first kappa shape index (κ1) is 13.8. The van der Waals surface area contributed by atoms with Crippen LogP contribution in [0.4, 0.5) is 16.0 Å². The topological polar surface area (TPSA) is 41.1 Å². The number of rotatable bonds is 4. The van der Waals surface area contributed by atoms with E-state index in [1.807, 2.05) is 19.1 Å². The fourth-order valence-electron chi connectivity index (χ4n) is 2.58. The molecule has 0 amide bonds. The van der Waals surface area contributed by atoms with Gasteiger partial charge in [0.2, 0.25) is 0 Å². The summed E-state index contributed by atoms with van der Waals surface area (Å²) in [6.45, 7) is 4.39. The molecule has 3 rings (SSSR count). The Morgan fingerprint density at radius 1 is 1.19 bits per heavy atom. The Morgan fingerprint density at radius 3 is 2.71 bits per heavy atom. The lowest BCUT2D eigenvalue weighted by molar-refractivity contribution is 0.613. The lowest BCUT2D eigenvalue weighted by Crippen LogP contribution is -2.20. The number of hydrogen-bond acceptors (Lipinski definition) is 4. The lowest BCUT2D eigenvalue weighted by Gasteiger charge is -2.17. The van der Waals surface area contributed by atoms with Crippen LogP contribution in [0.5, 0.6) is 0 Å². The van der Waals surface area contributed by atoms with Crippen LogP contribution in [0.25, 0.3) is 0 Å². The molecule has 0 aliphatic carbocycles. The Labute approximate surface area is 124 Å². The monoisotopic (exact) mass is 286 g/mol. The number of benzene rings is 1. The van der Waals surface area contributed by atoms with E-state index in [2.05, 4.69) is 20.2 Å². The van der Waals surface area contributed by atoms with Gasteiger partial charge in [-0.2, -0.15) is 0 Å². The third-order valence-corrected chi connectivity index (χ3v) is 3.67. The van der Waals surface area contributed by atoms with Crippen LogP contribution >= 0.6 is 0 Å². The van der Waals surface area contributed by atoms with Crippen molar-refractivity contribution in [2.24, 2.45) is 0 Å². The summed E-state index contributed by atoms with van der Waals surface area (Å²) in [5.74, 6) is 2.23. The van der Waals surface area contributed by atoms with E-state index in [0.717, 1.165) is 30.5 Å². The minimum absolute atomic E-state index is 0.199. The molecule has 1 saturated heterocycles. The summed E-state index contributed by atoms with van der Waals surface area (Å²) in [5, 5.41) is 3.19. The molecule has 2 heterocycles. The second kappa shape index (κ2) is 6.08. The Balaban J connectivity index is 1.74. The average molecular weight is 286 g/mol. The molecule has 1 fully saturated rings. The highest BCUT2D eigenvalue weighted by Crippen LogP contribution is 2.21. The van der Waals surface area contributed by atoms with Crippen molar-refractivity contribution in [2.45, 2.75) is 26.3 Å². The quantitative estimate of drug-likeness (QED) is 0.937. The van der Waals surface area contributed by atoms with E-state index in [1.54, 1.807) is 12.1 Å². The van der Waals surface area contributed by atoms with Gasteiger partial charge in [0.25, 0.3) is 0 Å². The van der Waals surface area contributed by atoms with E-state index in [-0.39, 0.29) is 5.82 Å². The van der Waals surface area contributed by atoms with Crippen molar-refractivity contribution in [3.05, 3.63) is 47.5 Å². The predicted octanol–water partition coefficient (Wildman–Crippen LogP) is 3.14. The number of halogens is 1. The number of hydrogen-bond donors (Lipinski definition) is 1. The van der Waals surface area contributed by atoms with Crippen LogP contribution in [0.1, 0.15) is 24.2 Å². The van der Waals surface area contributed by atoms with Crippen molar-refractivity contribution in [2.75, 3.05) is 23.3 Å². The third-order valence-electron chi connectivity index (χ3n) is 3.67. The molecule has 4 nitrogen and oxygen atoms in total. The molecule has 0 unspecified atom stereocenters. The van der Waals surface area contributed by atoms with E-state index >= 15 is 0 Å². The second-order valence-corrected chi connectivity index (χ2v) is 5.30. The van der Waals surface area contributed by atoms with E-state index in [9.17, 15) is 4.39 Å². The third kappa shape index (κ3) is 3.29. The van der Waals surface area contributed by atoms with Crippen molar-refractivity contribution >= 4 is 11.6 Å². The SMILES string of the molecule is Cc1nc(NCc2ccccc2F)cc(N2CCCC2)n1. The zero-order valence-corrected chi connectivity index (χ0v) is 12.1. The van der Waals surface area contributed by atoms with Crippen LogP contribution in [0.2, 0.25) is 0 Å². The van der Waals surface area contributed by atoms with Crippen LogP contribution in [0, 0.1) is 12.7 Å². The van der Waals surface area contributed by atoms with Gasteiger partial charge in [-0.05, 0) is 25.8 Å². The summed E-state index contributed by atoms with van der Waals surface area (Å²) < 4.78 is 13.6. The Hall–Kier alpha value is -2.17. The molecule has 1 aromatic carbocycles. The van der Waals surface area contributed by atoms with Crippen molar-refractivity contribution < 1.29 is 4.39 Å². The van der Waals surface area contributed by atoms with E-state index in [4.69, 9.17) is 0 Å². The standard InChI is InChI=1S/C16H19FN4/c1-12-19-15(10-16(20-12)21-8-4-5-9-21)18-11-13-6-2-3-7-14(13)17/h2-3,6-7,10H,4-5,8-9,11H2,1H3,(H,18,19,20). The van der Waals surface area contributed by atoms with E-state index in [1.165, 1.54) is 18.9 Å². The highest BCUT2D eigenvalue weighted by Gasteiger charge is 2.15. The van der Waals surface area contributed by atoms with Crippen LogP contribution in [0.15, 0.2) is 30.3 Å². The number of aromatic nitrogens is 2. The van der Waals surface area contributed by atoms with E-state index < -0.39 is 0 Å². The van der Waals surface area contributed by atoms with Gasteiger partial charge in [0.05, 0.1) is 0 Å². The summed E-state index contributed by atoms with van der Waals surface area (Å²) >= 11 is 0. The molecule has 1 aliphatic heterocycles. The molecular formula is C16H19FN4. The molecule has 1 aromatic heterocycles. The smallest absolute Gasteiger partial charge is 0.134 e. The summed E-state index contributed by atoms with van der Waals surface area (Å²) in [6, 6.07) is 8.72. The molecule has 5 heteroatoms. The Bertz CT molecular complexity index is 623. The van der Waals surface area contributed by atoms with Gasteiger partial charge in [-0.1, -0.05) is 18.2 Å². The summed E-state index contributed by atoms with van der Waals surface area (Å²) in [7, 11) is 0. The normalized spacial score (nSPS) is 14.5. The van der Waals surface area contributed by atoms with Crippen molar-refractivity contribution in [3.63, 3.8) is 0 Å². The minimum atomic E-state index is -0.199. The second-order valence-electron chi connectivity index (χ2n) is 5.30. The first-order chi connectivity index (χ1) is 10.2. The highest BCUT2D eigenvalue weighted by molar-refractivity contribution is 5.50. The van der Waals surface area contributed by atoms with E-state index in [0.29, 0.717) is 12.1 Å². The largest absolute Gasteiger partial charge is 0.366 e. The molecule has 0 atom stereocenters. The molecule has 0 bridgehead atoms. The van der Waals surface area contributed by atoms with Gasteiger partial charge in [-0.15, -0.1) is 0 Å². The molecular weight excluding hydrogens is 267 g/mol. The minimum Gasteiger partial charge on any atom is -0.366 e. The fraction of sp³-hybridized carbons (Fsp3) is 0.375. The summed E-state index contributed by atoms with van der Waals surface area (Å²) in [4.78, 5) is 11.1. The van der Waals surface area contributed by atoms with Crippen LogP contribution in [-0.4, -0.2) is 23.1 Å². The number of nitrogens with one attached hydrogen (secondary N) is 1. The zero-order valence-electron chi connectivity index (χ0n) is 12.1. The van der Waals surface area contributed by atoms with Gasteiger partial charge >= 0.3 is 0 Å². The first-order valence-corrected chi connectivity index (χ1v) is 7.30. The van der Waals surface area contributed by atoms with Crippen molar-refractivity contribution in [1.29, 1.82) is 0 Å². The van der Waals surface area contributed by atoms with Crippen molar-refractivity contribution in [3.8, 4) is 0 Å². The van der Waals surface area contributed by atoms with Gasteiger partial charge in [0, 0.05) is 31.3 Å². The highest BCUT2D eigenvalue weighted by atomic mass is 19.1. The molecule has 1 N–H and O–H groups in total. The number of anilines is 2. The first-order valence-electron chi connectivity index (χ1n) is 7.30. The van der Waals surface area contributed by atoms with Crippen LogP contribution < -0.4 is 10.2 Å². The molecule has 21 heavy (non-hydrogen) atoms. The summed E-state index contributed by atoms with van der Waals surface area (Å²) in [5.41, 5.74) is 0.636. The van der Waals surface area contributed by atoms with Gasteiger partial charge in [0.15, 0.2) is 0 Å². The summed E-state index contributed by atoms with van der Waals surface area (Å²) in [6.07, 6.45) is 2.42. The molecule has 1 aliphatic rings. The molecule has 0 spiro atoms. The van der Waals surface area contributed by atoms with Crippen molar-refractivity contribution in [1.82, 2.24) is 9.97 Å². The van der Waals surface area contributed by atoms with Gasteiger partial charge in [-0.3, -0.25) is 0 Å². The maximum absolute atomic E-state index is 13.6. The van der Waals surface area contributed by atoms with Gasteiger partial charge in [-0.25, -0.2) is 14.4 Å². The number of aryl methyl sites for hydroxylation is 1.